The molecular formula is C20H26N4O2S. The predicted molar refractivity (Wildman–Crippen MR) is 108 cm³/mol. The third kappa shape index (κ3) is 4.03. The van der Waals surface area contributed by atoms with Crippen molar-refractivity contribution in [2.45, 2.75) is 45.8 Å². The second kappa shape index (κ2) is 8.17. The van der Waals surface area contributed by atoms with Crippen LogP contribution in [-0.4, -0.2) is 33.1 Å². The van der Waals surface area contributed by atoms with Crippen LogP contribution in [0.4, 0.5) is 5.95 Å². The molecule has 0 bridgehead atoms. The summed E-state index contributed by atoms with van der Waals surface area (Å²) in [6, 6.07) is 7.69. The first-order valence-corrected chi connectivity index (χ1v) is 10.2. The molecule has 1 atom stereocenters. The summed E-state index contributed by atoms with van der Waals surface area (Å²) in [4.78, 5) is 17.4. The van der Waals surface area contributed by atoms with Gasteiger partial charge in [-0.05, 0) is 37.8 Å². The van der Waals surface area contributed by atoms with Crippen LogP contribution >= 0.6 is 11.8 Å². The number of benzene rings is 1. The van der Waals surface area contributed by atoms with Crippen LogP contribution in [0.15, 0.2) is 40.7 Å². The zero-order valence-electron chi connectivity index (χ0n) is 16.4. The second-order valence-electron chi connectivity index (χ2n) is 7.01. The molecule has 0 amide bonds. The van der Waals surface area contributed by atoms with Gasteiger partial charge in [-0.1, -0.05) is 49.9 Å². The second-order valence-corrected chi connectivity index (χ2v) is 8.00. The predicted octanol–water partition coefficient (Wildman–Crippen LogP) is 4.19. The first-order valence-electron chi connectivity index (χ1n) is 9.22. The average Bonchev–Trinajstić information content (AvgIpc) is 3.02. The van der Waals surface area contributed by atoms with Gasteiger partial charge in [0, 0.05) is 11.4 Å². The number of fused-ring (bicyclic) bond motifs is 1. The summed E-state index contributed by atoms with van der Waals surface area (Å²) in [5.41, 5.74) is 3.44. The number of hydrogen-bond acceptors (Lipinski definition) is 6. The molecule has 7 heteroatoms. The molecule has 0 saturated carbocycles. The summed E-state index contributed by atoms with van der Waals surface area (Å²) < 4.78 is 7.15. The molecule has 1 N–H and O–H groups in total. The number of nitrogens with zero attached hydrogens (tertiary/aromatic N) is 3. The zero-order chi connectivity index (χ0) is 19.6. The van der Waals surface area contributed by atoms with E-state index in [4.69, 9.17) is 9.84 Å². The van der Waals surface area contributed by atoms with Crippen LogP contribution in [0, 0.1) is 12.8 Å². The number of carbonyl (C=O) groups is 1. The molecule has 1 aromatic carbocycles. The largest absolute Gasteiger partial charge is 0.463 e. The van der Waals surface area contributed by atoms with Gasteiger partial charge in [0.05, 0.1) is 12.2 Å². The Hall–Kier alpha value is -2.28. The van der Waals surface area contributed by atoms with E-state index in [0.717, 1.165) is 22.6 Å². The minimum absolute atomic E-state index is 0.326. The Labute approximate surface area is 164 Å². The number of thioether (sulfide) groups is 1. The van der Waals surface area contributed by atoms with Crippen molar-refractivity contribution < 1.29 is 9.53 Å². The van der Waals surface area contributed by atoms with Crippen LogP contribution in [0.25, 0.3) is 0 Å². The molecule has 0 spiro atoms. The molecule has 1 aliphatic heterocycles. The number of nitrogens with one attached hydrogen (secondary N) is 1. The number of rotatable bonds is 6. The molecule has 6 nitrogen and oxygen atoms in total. The van der Waals surface area contributed by atoms with E-state index in [1.165, 1.54) is 0 Å². The molecule has 2 aromatic rings. The number of allylic oxidation sites excluding steroid dienone is 1. The van der Waals surface area contributed by atoms with E-state index in [1.54, 1.807) is 11.8 Å². The van der Waals surface area contributed by atoms with E-state index in [0.29, 0.717) is 29.2 Å². The summed E-state index contributed by atoms with van der Waals surface area (Å²) in [5, 5.41) is 8.66. The molecule has 2 heterocycles. The summed E-state index contributed by atoms with van der Waals surface area (Å²) in [5.74, 6) is 1.81. The molecular weight excluding hydrogens is 360 g/mol. The van der Waals surface area contributed by atoms with Gasteiger partial charge >= 0.3 is 5.97 Å². The first kappa shape index (κ1) is 19.5. The smallest absolute Gasteiger partial charge is 0.338 e. The Morgan fingerprint density at radius 1 is 1.33 bits per heavy atom. The number of carbonyl (C=O) groups excluding carboxylic acids is 1. The topological polar surface area (TPSA) is 69.0 Å². The van der Waals surface area contributed by atoms with Crippen molar-refractivity contribution >= 4 is 23.7 Å². The number of ether oxygens (including phenoxy) is 1. The fourth-order valence-electron chi connectivity index (χ4n) is 3.09. The van der Waals surface area contributed by atoms with Gasteiger partial charge in [0.2, 0.25) is 11.1 Å². The lowest BCUT2D eigenvalue weighted by Crippen LogP contribution is -2.30. The van der Waals surface area contributed by atoms with Gasteiger partial charge < -0.3 is 10.1 Å². The molecule has 0 saturated heterocycles. The highest BCUT2D eigenvalue weighted by molar-refractivity contribution is 7.99. The van der Waals surface area contributed by atoms with Crippen LogP contribution in [0.1, 0.15) is 44.9 Å². The standard InChI is InChI=1S/C20H26N4O2S/c1-6-26-18(25)16-14(5)21-19-22-20(27-11-12(2)3)23-24(19)17(16)15-10-8-7-9-13(15)4/h7-10,12,17H,6,11H2,1-5H3,(H,21,22,23)/t17-/m0/s1. The zero-order valence-corrected chi connectivity index (χ0v) is 17.3. The Morgan fingerprint density at radius 3 is 2.74 bits per heavy atom. The Balaban J connectivity index is 2.09. The molecule has 27 heavy (non-hydrogen) atoms. The maximum atomic E-state index is 12.7. The van der Waals surface area contributed by atoms with Gasteiger partial charge in [-0.15, -0.1) is 5.10 Å². The molecule has 1 aliphatic rings. The molecule has 144 valence electrons. The van der Waals surface area contributed by atoms with Crippen LogP contribution in [0.5, 0.6) is 0 Å². The van der Waals surface area contributed by atoms with Crippen molar-refractivity contribution in [3.63, 3.8) is 0 Å². The molecule has 0 radical (unpaired) electrons. The summed E-state index contributed by atoms with van der Waals surface area (Å²) in [6.45, 7) is 10.4. The third-order valence-corrected chi connectivity index (χ3v) is 5.62. The molecule has 1 aromatic heterocycles. The van der Waals surface area contributed by atoms with Crippen molar-refractivity contribution in [2.75, 3.05) is 17.7 Å². The molecule has 0 fully saturated rings. The van der Waals surface area contributed by atoms with E-state index >= 15 is 0 Å². The maximum Gasteiger partial charge on any atom is 0.338 e. The van der Waals surface area contributed by atoms with Crippen molar-refractivity contribution in [3.8, 4) is 0 Å². The highest BCUT2D eigenvalue weighted by Gasteiger charge is 2.35. The fourth-order valence-corrected chi connectivity index (χ4v) is 3.87. The lowest BCUT2D eigenvalue weighted by atomic mass is 9.93. The number of hydrogen-bond donors (Lipinski definition) is 1. The van der Waals surface area contributed by atoms with Gasteiger partial charge in [-0.3, -0.25) is 0 Å². The van der Waals surface area contributed by atoms with Crippen LogP contribution in [0.2, 0.25) is 0 Å². The van der Waals surface area contributed by atoms with Crippen molar-refractivity contribution in [1.82, 2.24) is 14.8 Å². The van der Waals surface area contributed by atoms with E-state index in [2.05, 4.69) is 24.1 Å². The SMILES string of the molecule is CCOC(=O)C1=C(C)Nc2nc(SCC(C)C)nn2[C@H]1c1ccccc1C. The summed E-state index contributed by atoms with van der Waals surface area (Å²) >= 11 is 1.63. The molecule has 0 aliphatic carbocycles. The monoisotopic (exact) mass is 386 g/mol. The van der Waals surface area contributed by atoms with Crippen LogP contribution in [0.3, 0.4) is 0 Å². The lowest BCUT2D eigenvalue weighted by Gasteiger charge is -2.28. The average molecular weight is 387 g/mol. The van der Waals surface area contributed by atoms with E-state index in [9.17, 15) is 4.79 Å². The van der Waals surface area contributed by atoms with Crippen molar-refractivity contribution in [2.24, 2.45) is 5.92 Å². The van der Waals surface area contributed by atoms with Gasteiger partial charge in [0.15, 0.2) is 0 Å². The number of aryl methyl sites for hydroxylation is 1. The highest BCUT2D eigenvalue weighted by atomic mass is 32.2. The van der Waals surface area contributed by atoms with Crippen LogP contribution in [-0.2, 0) is 9.53 Å². The van der Waals surface area contributed by atoms with E-state index in [1.807, 2.05) is 49.7 Å². The van der Waals surface area contributed by atoms with Crippen LogP contribution < -0.4 is 5.32 Å². The summed E-state index contributed by atoms with van der Waals surface area (Å²) in [6.07, 6.45) is 0. The Bertz CT molecular complexity index is 873. The fraction of sp³-hybridized carbons (Fsp3) is 0.450. The van der Waals surface area contributed by atoms with E-state index < -0.39 is 0 Å². The van der Waals surface area contributed by atoms with Gasteiger partial charge in [-0.2, -0.15) is 4.98 Å². The number of esters is 1. The molecule has 0 unspecified atom stereocenters. The Kier molecular flexibility index (Phi) is 5.89. The third-order valence-electron chi connectivity index (χ3n) is 4.36. The normalized spacial score (nSPS) is 16.3. The van der Waals surface area contributed by atoms with Crippen molar-refractivity contribution in [1.29, 1.82) is 0 Å². The number of anilines is 1. The number of aromatic nitrogens is 3. The van der Waals surface area contributed by atoms with Gasteiger partial charge in [0.1, 0.15) is 6.04 Å². The van der Waals surface area contributed by atoms with Gasteiger partial charge in [0.25, 0.3) is 0 Å². The minimum atomic E-state index is -0.359. The highest BCUT2D eigenvalue weighted by Crippen LogP contribution is 2.37. The van der Waals surface area contributed by atoms with E-state index in [-0.39, 0.29) is 12.0 Å². The minimum Gasteiger partial charge on any atom is -0.463 e. The maximum absolute atomic E-state index is 12.7. The first-order chi connectivity index (χ1) is 12.9. The quantitative estimate of drug-likeness (QED) is 0.593. The van der Waals surface area contributed by atoms with Crippen molar-refractivity contribution in [3.05, 3.63) is 46.7 Å². The molecule has 3 rings (SSSR count). The lowest BCUT2D eigenvalue weighted by molar-refractivity contribution is -0.139. The Morgan fingerprint density at radius 2 is 2.07 bits per heavy atom. The summed E-state index contributed by atoms with van der Waals surface area (Å²) in [7, 11) is 0. The van der Waals surface area contributed by atoms with Gasteiger partial charge in [-0.25, -0.2) is 9.48 Å².